The quantitative estimate of drug-likeness (QED) is 0.0403. The maximum absolute atomic E-state index is 12.8. The van der Waals surface area contributed by atoms with Gasteiger partial charge in [-0.15, -0.1) is 0 Å². The molecule has 0 radical (unpaired) electrons. The highest BCUT2D eigenvalue weighted by atomic mass is 79.9. The van der Waals surface area contributed by atoms with E-state index in [1.807, 2.05) is 44.7 Å². The van der Waals surface area contributed by atoms with Crippen molar-refractivity contribution < 1.29 is 22.5 Å². The number of nitrogens with zero attached hydrogens (tertiary/aromatic N) is 7. The number of halogens is 5. The third-order valence-corrected chi connectivity index (χ3v) is 14.3. The van der Waals surface area contributed by atoms with Gasteiger partial charge in [0.05, 0.1) is 47.8 Å². The van der Waals surface area contributed by atoms with Crippen LogP contribution in [0.1, 0.15) is 74.4 Å². The van der Waals surface area contributed by atoms with E-state index in [4.69, 9.17) is 60.0 Å². The number of benzene rings is 3. The molecule has 9 rings (SSSR count). The molecule has 0 spiro atoms. The summed E-state index contributed by atoms with van der Waals surface area (Å²) >= 11 is 29.9. The van der Waals surface area contributed by atoms with Crippen LogP contribution in [-0.4, -0.2) is 90.1 Å². The van der Waals surface area contributed by atoms with Gasteiger partial charge in [0.15, 0.2) is 21.8 Å². The minimum atomic E-state index is -0.339. The summed E-state index contributed by atoms with van der Waals surface area (Å²) in [4.78, 5) is 54.0. The van der Waals surface area contributed by atoms with Crippen molar-refractivity contribution in [3.63, 3.8) is 0 Å². The van der Waals surface area contributed by atoms with Crippen LogP contribution in [0.2, 0.25) is 20.2 Å². The number of β-amino-alcohol motifs (C(OH)–C–C–N with tert-alkyl or cyclic N) is 2. The summed E-state index contributed by atoms with van der Waals surface area (Å²) in [6, 6.07) is 14.2. The summed E-state index contributed by atoms with van der Waals surface area (Å²) in [5.41, 5.74) is 10.4. The third-order valence-electron chi connectivity index (χ3n) is 10.7. The van der Waals surface area contributed by atoms with E-state index < -0.39 is 0 Å². The number of ketones is 2. The molecule has 2 saturated heterocycles. The molecule has 6 heterocycles. The molecule has 3 aromatic carbocycles. The maximum atomic E-state index is 12.8. The normalized spacial score (nSPS) is 15.3. The van der Waals surface area contributed by atoms with Crippen LogP contribution in [0.3, 0.4) is 0 Å². The van der Waals surface area contributed by atoms with E-state index in [0.717, 1.165) is 70.6 Å². The zero-order valence-corrected chi connectivity index (χ0v) is 45.5. The van der Waals surface area contributed by atoms with Gasteiger partial charge >= 0.3 is 0 Å². The second-order valence-electron chi connectivity index (χ2n) is 16.4. The number of aromatic nitrogens is 6. The molecule has 4 aromatic heterocycles. The Hall–Kier alpha value is -4.86. The average Bonchev–Trinajstić information content (AvgIpc) is 4.16. The minimum absolute atomic E-state index is 0.0648. The van der Waals surface area contributed by atoms with Crippen molar-refractivity contribution in [2.45, 2.75) is 72.5 Å². The Balaban J connectivity index is 0.000000184. The van der Waals surface area contributed by atoms with Crippen LogP contribution in [0, 0.1) is 34.6 Å². The number of nitrogens with two attached hydrogens (primary N) is 1. The van der Waals surface area contributed by atoms with E-state index in [1.165, 1.54) is 34.9 Å². The Morgan fingerprint density at radius 1 is 0.761 bits per heavy atom. The van der Waals surface area contributed by atoms with Gasteiger partial charge in [-0.2, -0.15) is 0 Å². The monoisotopic (exact) mass is 1140 g/mol. The topological polar surface area (TPSA) is 217 Å². The highest BCUT2D eigenvalue weighted by Crippen LogP contribution is 2.30. The molecule has 7 N–H and O–H groups in total. The number of thiazole rings is 2. The van der Waals surface area contributed by atoms with Gasteiger partial charge in [-0.1, -0.05) is 109 Å². The number of carbonyl (C=O) groups is 2. The van der Waals surface area contributed by atoms with Gasteiger partial charge in [0, 0.05) is 59.1 Å². The van der Waals surface area contributed by atoms with Crippen LogP contribution >= 0.6 is 85.0 Å². The van der Waals surface area contributed by atoms with E-state index in [0.29, 0.717) is 87.8 Å². The van der Waals surface area contributed by atoms with Gasteiger partial charge in [0.25, 0.3) is 0 Å². The largest absolute Gasteiger partial charge is 0.397 e. The summed E-state index contributed by atoms with van der Waals surface area (Å²) in [5, 5.41) is 30.5. The van der Waals surface area contributed by atoms with E-state index in [9.17, 15) is 14.7 Å². The zero-order chi connectivity index (χ0) is 53.1. The summed E-state index contributed by atoms with van der Waals surface area (Å²) < 4.78 is 16.3. The van der Waals surface area contributed by atoms with Crippen molar-refractivity contribution in [2.24, 2.45) is 0 Å². The lowest BCUT2D eigenvalue weighted by Gasteiger charge is -2.17. The molecule has 0 saturated carbocycles. The van der Waals surface area contributed by atoms with E-state index in [-0.39, 0.29) is 36.6 Å². The molecule has 15 nitrogen and oxygen atoms in total. The molecule has 2 atom stereocenters. The lowest BCUT2D eigenvalue weighted by Crippen LogP contribution is -2.22. The molecule has 7 aromatic rings. The van der Waals surface area contributed by atoms with E-state index in [1.54, 1.807) is 43.5 Å². The molecule has 374 valence electrons. The van der Waals surface area contributed by atoms with Gasteiger partial charge in [0.1, 0.15) is 34.3 Å². The Bertz CT molecular complexity index is 3000. The Morgan fingerprint density at radius 2 is 1.31 bits per heavy atom. The molecular formula is C49H52BrCl4N11O4S2. The van der Waals surface area contributed by atoms with Gasteiger partial charge in [-0.25, -0.2) is 29.9 Å². The maximum Gasteiger partial charge on any atom is 0.188 e. The first kappa shape index (κ1) is 52.5. The van der Waals surface area contributed by atoms with Crippen LogP contribution in [0.5, 0.6) is 0 Å². The number of anilines is 6. The number of hydrogen-bond donors (Lipinski definition) is 6. The van der Waals surface area contributed by atoms with Gasteiger partial charge in [0.2, 0.25) is 0 Å². The number of aliphatic hydroxyl groups excluding tert-OH is 2. The molecule has 71 heavy (non-hydrogen) atoms. The first-order chi connectivity index (χ1) is 34.6. The molecule has 2 aliphatic rings. The molecule has 0 unspecified atom stereocenters. The lowest BCUT2D eigenvalue weighted by molar-refractivity contribution is 0.0988. The lowest BCUT2D eigenvalue weighted by atomic mass is 10.0. The van der Waals surface area contributed by atoms with Crippen LogP contribution in [-0.2, 0) is 12.8 Å². The first-order valence-electron chi connectivity index (χ1n) is 23.0. The highest BCUT2D eigenvalue weighted by Gasteiger charge is 2.23. The van der Waals surface area contributed by atoms with Gasteiger partial charge < -0.3 is 36.8 Å². The summed E-state index contributed by atoms with van der Waals surface area (Å²) in [7, 11) is 0. The van der Waals surface area contributed by atoms with Crippen LogP contribution in [0.25, 0.3) is 0 Å². The SMILES string of the molecule is Cc1cc(Br)cc(Cl)c1N.O[C@H]1CCNC1.[2H]c1cc(C)c(CC(=O)c2cnc(Nc3cc(Cl)nc(C)n3)s2)c(Cl)c1.[2H]c1cc(C)c(CC(=O)c2cnc(Nc3cc(N4CC[C@H](O)C4)nc(C)n3)s2)c(Cl)c1. The van der Waals surface area contributed by atoms with Crippen LogP contribution < -0.4 is 26.6 Å². The van der Waals surface area contributed by atoms with Gasteiger partial charge in [-0.3, -0.25) is 9.59 Å². The zero-order valence-electron chi connectivity index (χ0n) is 41.2. The molecule has 2 aliphatic heterocycles. The standard InChI is InChI=1S/C21H22ClN5O2S.C17H14Cl2N4OS.C7H7BrClN.C4H9NO/c1-12-4-3-5-16(22)15(12)8-17(29)18-10-23-21(30-18)26-19-9-20(25-13(2)24-19)27-7-6-14(28)11-27;1-9-4-3-5-12(18)11(9)6-13(24)14-8-20-17(25-14)23-16-7-15(19)21-10(2)22-16;1-4-2-5(8)3-6(9)7(4)10;6-4-1-2-5-3-4/h3-5,9-10,14,28H,6-8,11H2,1-2H3,(H,23,24,25,26);3-5,7-8H,6H2,1-2H3,(H,20,21,22,23);2-3H,10H2,1H3;4-6H,1-3H2/t14-;;;4-/m0..0/s1/i2*3D;;. The number of carbonyl (C=O) groups excluding carboxylic acids is 2. The fraction of sp³-hybridized carbons (Fsp3) is 0.306. The Morgan fingerprint density at radius 3 is 1.76 bits per heavy atom. The van der Waals surface area contributed by atoms with Crippen molar-refractivity contribution in [2.75, 3.05) is 47.4 Å². The molecule has 2 fully saturated rings. The Kier molecular flexibility index (Phi) is 19.4. The number of Topliss-reactive ketones (excluding diaryl/α,β-unsaturated/α-hetero) is 2. The van der Waals surface area contributed by atoms with Crippen LogP contribution in [0.4, 0.5) is 33.4 Å². The van der Waals surface area contributed by atoms with Crippen molar-refractivity contribution in [1.29, 1.82) is 0 Å². The predicted octanol–water partition coefficient (Wildman–Crippen LogP) is 11.3. The highest BCUT2D eigenvalue weighted by molar-refractivity contribution is 9.10. The number of aliphatic hydroxyl groups is 2. The molecule has 0 amide bonds. The number of nitrogen functional groups attached to an aromatic ring is 1. The molecule has 22 heteroatoms. The van der Waals surface area contributed by atoms with Crippen LogP contribution in [0.15, 0.2) is 77.5 Å². The molecule has 0 aliphatic carbocycles. The second kappa shape index (κ2) is 26.2. The van der Waals surface area contributed by atoms with Gasteiger partial charge in [-0.05, 0) is 106 Å². The first-order valence-corrected chi connectivity index (χ1v) is 26.0. The minimum Gasteiger partial charge on any atom is -0.397 e. The number of nitrogens with one attached hydrogen (secondary N) is 3. The summed E-state index contributed by atoms with van der Waals surface area (Å²) in [6.07, 6.45) is 4.62. The summed E-state index contributed by atoms with van der Waals surface area (Å²) in [5.74, 6) is 2.83. The molecule has 0 bridgehead atoms. The van der Waals surface area contributed by atoms with Crippen molar-refractivity contribution >= 4 is 130 Å². The fourth-order valence-corrected chi connectivity index (χ4v) is 10.2. The number of hydrogen-bond acceptors (Lipinski definition) is 17. The fourth-order valence-electron chi connectivity index (χ4n) is 6.96. The third kappa shape index (κ3) is 16.6. The summed E-state index contributed by atoms with van der Waals surface area (Å²) in [6.45, 7) is 12.2. The van der Waals surface area contributed by atoms with E-state index in [2.05, 4.69) is 61.8 Å². The smallest absolute Gasteiger partial charge is 0.188 e. The predicted molar refractivity (Wildman–Crippen MR) is 292 cm³/mol. The van der Waals surface area contributed by atoms with Crippen molar-refractivity contribution in [3.8, 4) is 0 Å². The van der Waals surface area contributed by atoms with E-state index >= 15 is 0 Å². The second-order valence-corrected chi connectivity index (χ2v) is 21.0. The number of aryl methyl sites for hydroxylation is 5. The number of rotatable bonds is 11. The van der Waals surface area contributed by atoms with Crippen molar-refractivity contribution in [1.82, 2.24) is 35.2 Å². The average molecular weight is 1150 g/mol. The Labute approximate surface area is 451 Å². The molecular weight excluding hydrogens is 1090 g/mol. The van der Waals surface area contributed by atoms with Crippen molar-refractivity contribution in [3.05, 3.63) is 147 Å².